The number of carboxylic acid groups (broad SMARTS) is 1. The second kappa shape index (κ2) is 6.97. The number of nitrogens with one attached hydrogen (secondary N) is 1. The van der Waals surface area contributed by atoms with E-state index in [9.17, 15) is 23.1 Å². The maximum Gasteiger partial charge on any atom is 0.329 e. The molecule has 0 radical (unpaired) electrons. The van der Waals surface area contributed by atoms with Crippen molar-refractivity contribution in [1.82, 2.24) is 4.31 Å². The number of hydrogen-bond acceptors (Lipinski definition) is 7. The zero-order valence-electron chi connectivity index (χ0n) is 12.5. The van der Waals surface area contributed by atoms with Crippen LogP contribution in [0.25, 0.3) is 0 Å². The third-order valence-corrected chi connectivity index (χ3v) is 5.42. The van der Waals surface area contributed by atoms with E-state index < -0.39 is 28.0 Å². The van der Waals surface area contributed by atoms with Gasteiger partial charge in [-0.1, -0.05) is 6.42 Å². The summed E-state index contributed by atoms with van der Waals surface area (Å²) in [4.78, 5) is 26.4. The minimum Gasteiger partial charge on any atom is -0.548 e. The van der Waals surface area contributed by atoms with Gasteiger partial charge in [0.1, 0.15) is 0 Å². The molecule has 1 fully saturated rings. The average Bonchev–Trinajstić information content (AvgIpc) is 2.53. The zero-order chi connectivity index (χ0) is 17.0. The highest BCUT2D eigenvalue weighted by Gasteiger charge is 2.34. The number of carbonyl (C=O) groups excluding carboxylic acids is 2. The van der Waals surface area contributed by atoms with Gasteiger partial charge in [-0.3, -0.25) is 4.79 Å². The van der Waals surface area contributed by atoms with E-state index >= 15 is 0 Å². The molecule has 1 aliphatic rings. The van der Waals surface area contributed by atoms with Gasteiger partial charge in [-0.25, -0.2) is 13.9 Å². The SMILES string of the molecule is CC(=O)ONc1ccc(S(=O)(=O)N2CCCC[C@H]2C(=O)[O-])cc1. The van der Waals surface area contributed by atoms with Gasteiger partial charge in [-0.05, 0) is 37.1 Å². The lowest BCUT2D eigenvalue weighted by Crippen LogP contribution is -2.52. The number of piperidine rings is 1. The van der Waals surface area contributed by atoms with Crippen molar-refractivity contribution in [3.05, 3.63) is 24.3 Å². The molecule has 2 rings (SSSR count). The summed E-state index contributed by atoms with van der Waals surface area (Å²) in [5.41, 5.74) is 2.76. The summed E-state index contributed by atoms with van der Waals surface area (Å²) >= 11 is 0. The fourth-order valence-corrected chi connectivity index (χ4v) is 4.04. The van der Waals surface area contributed by atoms with Gasteiger partial charge in [0.15, 0.2) is 0 Å². The molecule has 1 aliphatic heterocycles. The van der Waals surface area contributed by atoms with Crippen molar-refractivity contribution in [2.75, 3.05) is 12.0 Å². The molecule has 23 heavy (non-hydrogen) atoms. The lowest BCUT2D eigenvalue weighted by molar-refractivity contribution is -0.311. The van der Waals surface area contributed by atoms with E-state index in [0.717, 1.165) is 4.31 Å². The third-order valence-electron chi connectivity index (χ3n) is 3.50. The smallest absolute Gasteiger partial charge is 0.329 e. The molecular formula is C14H17N2O6S-. The number of carbonyl (C=O) groups is 2. The second-order valence-corrected chi connectivity index (χ2v) is 7.06. The van der Waals surface area contributed by atoms with E-state index in [1.807, 2.05) is 0 Å². The van der Waals surface area contributed by atoms with Crippen LogP contribution in [0.3, 0.4) is 0 Å². The summed E-state index contributed by atoms with van der Waals surface area (Å²) in [5.74, 6) is -1.92. The van der Waals surface area contributed by atoms with E-state index in [4.69, 9.17) is 0 Å². The van der Waals surface area contributed by atoms with Gasteiger partial charge in [0.05, 0.1) is 22.6 Å². The first kappa shape index (κ1) is 17.2. The Morgan fingerprint density at radius 1 is 1.26 bits per heavy atom. The largest absolute Gasteiger partial charge is 0.548 e. The molecule has 1 atom stereocenters. The topological polar surface area (TPSA) is 116 Å². The molecule has 0 aliphatic carbocycles. The Labute approximate surface area is 134 Å². The van der Waals surface area contributed by atoms with Gasteiger partial charge in [0, 0.05) is 13.5 Å². The Morgan fingerprint density at radius 2 is 1.91 bits per heavy atom. The number of nitrogens with zero attached hydrogens (tertiary/aromatic N) is 1. The summed E-state index contributed by atoms with van der Waals surface area (Å²) in [6.45, 7) is 1.37. The predicted molar refractivity (Wildman–Crippen MR) is 78.4 cm³/mol. The molecule has 1 aromatic carbocycles. The lowest BCUT2D eigenvalue weighted by atomic mass is 10.1. The highest BCUT2D eigenvalue weighted by molar-refractivity contribution is 7.89. The monoisotopic (exact) mass is 341 g/mol. The number of rotatable bonds is 5. The molecule has 9 heteroatoms. The summed E-state index contributed by atoms with van der Waals surface area (Å²) in [6.07, 6.45) is 1.50. The fraction of sp³-hybridized carbons (Fsp3) is 0.429. The predicted octanol–water partition coefficient (Wildman–Crippen LogP) is -0.130. The minimum atomic E-state index is -3.93. The van der Waals surface area contributed by atoms with Gasteiger partial charge < -0.3 is 14.7 Å². The standard InChI is InChI=1S/C14H18N2O6S/c1-10(17)22-15-11-5-7-12(8-6-11)23(20,21)16-9-3-2-4-13(16)14(18)19/h5-8,13,15H,2-4,9H2,1H3,(H,18,19)/p-1/t13-/m0/s1. The molecular weight excluding hydrogens is 324 g/mol. The minimum absolute atomic E-state index is 0.0287. The van der Waals surface area contributed by atoms with Crippen LogP contribution < -0.4 is 10.6 Å². The average molecular weight is 341 g/mol. The van der Waals surface area contributed by atoms with Crippen LogP contribution in [0.4, 0.5) is 5.69 Å². The Balaban J connectivity index is 2.21. The maximum absolute atomic E-state index is 12.6. The molecule has 1 heterocycles. The van der Waals surface area contributed by atoms with Crippen LogP contribution in [0.5, 0.6) is 0 Å². The first-order valence-corrected chi connectivity index (χ1v) is 8.52. The molecule has 1 saturated heterocycles. The lowest BCUT2D eigenvalue weighted by Gasteiger charge is -2.35. The van der Waals surface area contributed by atoms with Crippen LogP contribution in [-0.4, -0.2) is 37.2 Å². The molecule has 0 bridgehead atoms. The number of benzene rings is 1. The molecule has 0 aromatic heterocycles. The Hall–Kier alpha value is -2.13. The number of carboxylic acids is 1. The normalized spacial score (nSPS) is 19.1. The highest BCUT2D eigenvalue weighted by Crippen LogP contribution is 2.26. The summed E-state index contributed by atoms with van der Waals surface area (Å²) in [6, 6.07) is 4.35. The number of sulfonamides is 1. The van der Waals surface area contributed by atoms with Crippen LogP contribution in [0, 0.1) is 0 Å². The second-order valence-electron chi connectivity index (χ2n) is 5.17. The van der Waals surface area contributed by atoms with E-state index in [2.05, 4.69) is 10.3 Å². The van der Waals surface area contributed by atoms with E-state index in [1.54, 1.807) is 0 Å². The summed E-state index contributed by atoms with van der Waals surface area (Å²) in [5, 5.41) is 11.2. The zero-order valence-corrected chi connectivity index (χ0v) is 13.3. The Kier molecular flexibility index (Phi) is 5.22. The molecule has 126 valence electrons. The van der Waals surface area contributed by atoms with Crippen molar-refractivity contribution in [2.24, 2.45) is 0 Å². The molecule has 8 nitrogen and oxygen atoms in total. The van der Waals surface area contributed by atoms with Gasteiger partial charge in [0.2, 0.25) is 10.0 Å². The molecule has 0 spiro atoms. The quantitative estimate of drug-likeness (QED) is 0.742. The van der Waals surface area contributed by atoms with Crippen molar-refractivity contribution in [3.8, 4) is 0 Å². The van der Waals surface area contributed by atoms with Crippen LogP contribution in [-0.2, 0) is 24.4 Å². The molecule has 1 N–H and O–H groups in total. The van der Waals surface area contributed by atoms with Gasteiger partial charge in [0.25, 0.3) is 0 Å². The number of anilines is 1. The van der Waals surface area contributed by atoms with E-state index in [0.29, 0.717) is 18.5 Å². The first-order chi connectivity index (χ1) is 10.8. The molecule has 0 amide bonds. The molecule has 0 saturated carbocycles. The van der Waals surface area contributed by atoms with E-state index in [1.165, 1.54) is 31.2 Å². The molecule has 0 unspecified atom stereocenters. The Morgan fingerprint density at radius 3 is 2.48 bits per heavy atom. The fourth-order valence-electron chi connectivity index (χ4n) is 2.39. The number of aliphatic carboxylic acids is 1. The van der Waals surface area contributed by atoms with E-state index in [-0.39, 0.29) is 17.9 Å². The van der Waals surface area contributed by atoms with Crippen molar-refractivity contribution in [1.29, 1.82) is 0 Å². The van der Waals surface area contributed by atoms with Crippen LogP contribution >= 0.6 is 0 Å². The van der Waals surface area contributed by atoms with Crippen LogP contribution in [0.1, 0.15) is 26.2 Å². The van der Waals surface area contributed by atoms with Crippen molar-refractivity contribution in [2.45, 2.75) is 37.1 Å². The van der Waals surface area contributed by atoms with Gasteiger partial charge in [-0.15, -0.1) is 0 Å². The van der Waals surface area contributed by atoms with Gasteiger partial charge >= 0.3 is 5.97 Å². The van der Waals surface area contributed by atoms with Crippen molar-refractivity contribution < 1.29 is 28.0 Å². The number of hydrogen-bond donors (Lipinski definition) is 1. The van der Waals surface area contributed by atoms with Crippen LogP contribution in [0.2, 0.25) is 0 Å². The van der Waals surface area contributed by atoms with Gasteiger partial charge in [-0.2, -0.15) is 4.31 Å². The molecule has 1 aromatic rings. The van der Waals surface area contributed by atoms with Crippen molar-refractivity contribution in [3.63, 3.8) is 0 Å². The van der Waals surface area contributed by atoms with Crippen molar-refractivity contribution >= 4 is 27.6 Å². The summed E-state index contributed by atoms with van der Waals surface area (Å²) in [7, 11) is -3.93. The van der Waals surface area contributed by atoms with Crippen LogP contribution in [0.15, 0.2) is 29.2 Å². The third kappa shape index (κ3) is 3.99. The summed E-state index contributed by atoms with van der Waals surface area (Å²) < 4.78 is 26.2. The highest BCUT2D eigenvalue weighted by atomic mass is 32.2. The Bertz CT molecular complexity index is 686. The first-order valence-electron chi connectivity index (χ1n) is 7.08. The maximum atomic E-state index is 12.6.